The molecular weight excluding hydrogens is 124 g/mol. The van der Waals surface area contributed by atoms with Crippen molar-refractivity contribution in [2.75, 3.05) is 13.2 Å². The monoisotopic (exact) mass is 135 g/mol. The van der Waals surface area contributed by atoms with Crippen molar-refractivity contribution in [2.45, 2.75) is 6.04 Å². The van der Waals surface area contributed by atoms with Crippen LogP contribution >= 0.6 is 0 Å². The summed E-state index contributed by atoms with van der Waals surface area (Å²) in [5.74, 6) is 0.610. The Morgan fingerprint density at radius 3 is 3.10 bits per heavy atom. The minimum atomic E-state index is 0.544. The highest BCUT2D eigenvalue weighted by Crippen LogP contribution is 2.13. The van der Waals surface area contributed by atoms with Crippen LogP contribution in [0.4, 0.5) is 0 Å². The molecule has 0 aromatic carbocycles. The summed E-state index contributed by atoms with van der Waals surface area (Å²) in [6.45, 7) is 1.80. The Morgan fingerprint density at radius 2 is 2.20 bits per heavy atom. The van der Waals surface area contributed by atoms with E-state index in [9.17, 15) is 0 Å². The molecule has 2 atom stereocenters. The van der Waals surface area contributed by atoms with E-state index in [1.807, 2.05) is 0 Å². The Morgan fingerprint density at radius 1 is 1.30 bits per heavy atom. The van der Waals surface area contributed by atoms with E-state index in [0.717, 1.165) is 13.2 Å². The molecule has 2 heteroatoms. The minimum absolute atomic E-state index is 0.544. The Bertz CT molecular complexity index is 152. The SMILES string of the molecule is C1=CC2C[N]CNC2C=C1. The first-order valence-electron chi connectivity index (χ1n) is 3.68. The van der Waals surface area contributed by atoms with E-state index >= 15 is 0 Å². The molecule has 0 aromatic heterocycles. The molecule has 2 nitrogen and oxygen atoms in total. The van der Waals surface area contributed by atoms with Gasteiger partial charge < -0.3 is 0 Å². The minimum Gasteiger partial charge on any atom is -0.296 e. The van der Waals surface area contributed by atoms with Crippen LogP contribution in [-0.4, -0.2) is 19.3 Å². The van der Waals surface area contributed by atoms with Gasteiger partial charge in [0.1, 0.15) is 0 Å². The van der Waals surface area contributed by atoms with E-state index in [-0.39, 0.29) is 0 Å². The van der Waals surface area contributed by atoms with Gasteiger partial charge in [0.15, 0.2) is 0 Å². The highest BCUT2D eigenvalue weighted by Gasteiger charge is 2.21. The first-order valence-corrected chi connectivity index (χ1v) is 3.68. The standard InChI is InChI=1S/C8H11N2/c1-2-4-8-7(3-1)5-9-6-10-8/h1-4,7-8,10H,5-6H2. The van der Waals surface area contributed by atoms with Gasteiger partial charge in [-0.3, -0.25) is 5.32 Å². The topological polar surface area (TPSA) is 26.1 Å². The fraction of sp³-hybridized carbons (Fsp3) is 0.500. The number of fused-ring (bicyclic) bond motifs is 1. The number of nitrogens with zero attached hydrogens (tertiary/aromatic N) is 1. The summed E-state index contributed by atoms with van der Waals surface area (Å²) in [6.07, 6.45) is 8.63. The van der Waals surface area contributed by atoms with Crippen LogP contribution in [0.25, 0.3) is 0 Å². The second-order valence-corrected chi connectivity index (χ2v) is 2.73. The van der Waals surface area contributed by atoms with Crippen LogP contribution < -0.4 is 10.6 Å². The van der Waals surface area contributed by atoms with E-state index in [1.165, 1.54) is 0 Å². The zero-order valence-corrected chi connectivity index (χ0v) is 5.83. The van der Waals surface area contributed by atoms with E-state index in [0.29, 0.717) is 12.0 Å². The molecule has 1 fully saturated rings. The van der Waals surface area contributed by atoms with Crippen molar-refractivity contribution in [1.82, 2.24) is 10.6 Å². The van der Waals surface area contributed by atoms with Crippen LogP contribution in [0.15, 0.2) is 24.3 Å². The molecule has 0 aromatic rings. The highest BCUT2D eigenvalue weighted by atomic mass is 15.1. The zero-order chi connectivity index (χ0) is 6.81. The van der Waals surface area contributed by atoms with Gasteiger partial charge >= 0.3 is 0 Å². The van der Waals surface area contributed by atoms with Crippen molar-refractivity contribution in [1.29, 1.82) is 0 Å². The number of hydrogen-bond donors (Lipinski definition) is 1. The Hall–Kier alpha value is -0.600. The Kier molecular flexibility index (Phi) is 1.57. The van der Waals surface area contributed by atoms with Crippen molar-refractivity contribution in [3.63, 3.8) is 0 Å². The van der Waals surface area contributed by atoms with Crippen LogP contribution in [0.2, 0.25) is 0 Å². The average molecular weight is 135 g/mol. The number of rotatable bonds is 0. The lowest BCUT2D eigenvalue weighted by Gasteiger charge is -2.29. The second-order valence-electron chi connectivity index (χ2n) is 2.73. The summed E-state index contributed by atoms with van der Waals surface area (Å²) < 4.78 is 0. The summed E-state index contributed by atoms with van der Waals surface area (Å²) in [4.78, 5) is 0. The molecule has 2 aliphatic rings. The highest BCUT2D eigenvalue weighted by molar-refractivity contribution is 5.18. The smallest absolute Gasteiger partial charge is 0.0628 e. The van der Waals surface area contributed by atoms with Gasteiger partial charge in [-0.15, -0.1) is 0 Å². The zero-order valence-electron chi connectivity index (χ0n) is 5.83. The van der Waals surface area contributed by atoms with Crippen molar-refractivity contribution < 1.29 is 0 Å². The fourth-order valence-electron chi connectivity index (χ4n) is 1.43. The van der Waals surface area contributed by atoms with Crippen LogP contribution in [0.1, 0.15) is 0 Å². The first kappa shape index (κ1) is 6.13. The Balaban J connectivity index is 2.09. The number of allylic oxidation sites excluding steroid dienone is 2. The summed E-state index contributed by atoms with van der Waals surface area (Å²) in [7, 11) is 0. The number of hydrogen-bond acceptors (Lipinski definition) is 1. The van der Waals surface area contributed by atoms with E-state index in [1.54, 1.807) is 0 Å². The molecule has 2 unspecified atom stereocenters. The maximum absolute atomic E-state index is 4.27. The third kappa shape index (κ3) is 1.00. The molecule has 1 aliphatic carbocycles. The van der Waals surface area contributed by atoms with Gasteiger partial charge in [-0.25, -0.2) is 5.32 Å². The quantitative estimate of drug-likeness (QED) is 0.506. The number of nitrogens with one attached hydrogen (secondary N) is 1. The second kappa shape index (κ2) is 2.56. The molecule has 2 rings (SSSR count). The molecule has 0 spiro atoms. The van der Waals surface area contributed by atoms with Gasteiger partial charge in [-0.2, -0.15) is 0 Å². The van der Waals surface area contributed by atoms with Gasteiger partial charge in [0.25, 0.3) is 0 Å². The van der Waals surface area contributed by atoms with Crippen LogP contribution in [0, 0.1) is 5.92 Å². The molecule has 53 valence electrons. The van der Waals surface area contributed by atoms with Gasteiger partial charge in [0, 0.05) is 18.5 Å². The van der Waals surface area contributed by atoms with E-state index < -0.39 is 0 Å². The molecule has 0 saturated carbocycles. The molecule has 1 N–H and O–H groups in total. The normalized spacial score (nSPS) is 37.6. The van der Waals surface area contributed by atoms with E-state index in [4.69, 9.17) is 0 Å². The molecule has 1 radical (unpaired) electrons. The van der Waals surface area contributed by atoms with Crippen LogP contribution in [0.5, 0.6) is 0 Å². The lowest BCUT2D eigenvalue weighted by atomic mass is 9.94. The fourth-order valence-corrected chi connectivity index (χ4v) is 1.43. The van der Waals surface area contributed by atoms with E-state index in [2.05, 4.69) is 34.9 Å². The van der Waals surface area contributed by atoms with Crippen molar-refractivity contribution in [3.8, 4) is 0 Å². The molecule has 0 bridgehead atoms. The molecule has 1 heterocycles. The summed E-state index contributed by atoms with van der Waals surface area (Å²) in [5, 5.41) is 7.58. The third-order valence-corrected chi connectivity index (χ3v) is 2.03. The summed E-state index contributed by atoms with van der Waals surface area (Å²) in [5.41, 5.74) is 0. The molecular formula is C8H11N2. The maximum Gasteiger partial charge on any atom is 0.0628 e. The van der Waals surface area contributed by atoms with Crippen molar-refractivity contribution in [2.24, 2.45) is 5.92 Å². The molecule has 0 amide bonds. The lowest BCUT2D eigenvalue weighted by Crippen LogP contribution is -2.47. The molecule has 1 aliphatic heterocycles. The Labute approximate surface area is 61.0 Å². The molecule has 10 heavy (non-hydrogen) atoms. The van der Waals surface area contributed by atoms with Gasteiger partial charge in [-0.05, 0) is 0 Å². The van der Waals surface area contributed by atoms with Crippen molar-refractivity contribution in [3.05, 3.63) is 24.3 Å². The van der Waals surface area contributed by atoms with Gasteiger partial charge in [0.05, 0.1) is 6.67 Å². The summed E-state index contributed by atoms with van der Waals surface area (Å²) in [6, 6.07) is 0.544. The predicted molar refractivity (Wildman–Crippen MR) is 40.6 cm³/mol. The van der Waals surface area contributed by atoms with Gasteiger partial charge in [-0.1, -0.05) is 24.3 Å². The summed E-state index contributed by atoms with van der Waals surface area (Å²) >= 11 is 0. The van der Waals surface area contributed by atoms with Gasteiger partial charge in [0.2, 0.25) is 0 Å². The first-order chi connectivity index (χ1) is 4.97. The predicted octanol–water partition coefficient (Wildman–Crippen LogP) is 0.262. The largest absolute Gasteiger partial charge is 0.296 e. The third-order valence-electron chi connectivity index (χ3n) is 2.03. The lowest BCUT2D eigenvalue weighted by molar-refractivity contribution is 0.359. The van der Waals surface area contributed by atoms with Crippen LogP contribution in [-0.2, 0) is 0 Å². The van der Waals surface area contributed by atoms with Crippen LogP contribution in [0.3, 0.4) is 0 Å². The average Bonchev–Trinajstić information content (AvgIpc) is 2.05. The molecule has 1 saturated heterocycles. The maximum atomic E-state index is 4.27. The van der Waals surface area contributed by atoms with Crippen molar-refractivity contribution >= 4 is 0 Å².